The van der Waals surface area contributed by atoms with E-state index in [1.54, 1.807) is 22.7 Å². The molecule has 5 nitrogen and oxygen atoms in total. The molecule has 0 bridgehead atoms. The van der Waals surface area contributed by atoms with Crippen LogP contribution < -0.4 is 5.32 Å². The summed E-state index contributed by atoms with van der Waals surface area (Å²) in [6, 6.07) is 15.8. The van der Waals surface area contributed by atoms with Gasteiger partial charge in [-0.2, -0.15) is 0 Å². The molecule has 0 saturated heterocycles. The summed E-state index contributed by atoms with van der Waals surface area (Å²) in [4.78, 5) is 22.4. The van der Waals surface area contributed by atoms with E-state index in [9.17, 15) is 4.79 Å². The minimum atomic E-state index is -0.00508. The fraction of sp³-hybridized carbons (Fsp3) is 0.0952. The normalized spacial score (nSPS) is 11.3. The van der Waals surface area contributed by atoms with Crippen LogP contribution in [0.1, 0.15) is 11.4 Å². The van der Waals surface area contributed by atoms with Crippen LogP contribution >= 0.6 is 22.7 Å². The molecular weight excluding hydrogens is 388 g/mol. The first-order valence-corrected chi connectivity index (χ1v) is 10.6. The summed E-state index contributed by atoms with van der Waals surface area (Å²) in [5, 5.41) is 5.97. The molecule has 5 aromatic rings. The Labute approximate surface area is 169 Å². The number of carbonyl (C=O) groups excluding carboxylic acids is 1. The van der Waals surface area contributed by atoms with Gasteiger partial charge in [-0.25, -0.2) is 9.97 Å². The van der Waals surface area contributed by atoms with Gasteiger partial charge in [0.2, 0.25) is 5.91 Å². The van der Waals surface area contributed by atoms with Gasteiger partial charge in [-0.15, -0.1) is 22.7 Å². The zero-order chi connectivity index (χ0) is 18.9. The molecular formula is C21H16N4OS2. The summed E-state index contributed by atoms with van der Waals surface area (Å²) < 4.78 is 3.17. The van der Waals surface area contributed by atoms with Crippen molar-refractivity contribution in [3.8, 4) is 11.3 Å². The number of aromatic nitrogens is 3. The molecule has 7 heteroatoms. The molecule has 0 saturated carbocycles. The maximum atomic E-state index is 12.3. The van der Waals surface area contributed by atoms with E-state index in [0.29, 0.717) is 12.8 Å². The van der Waals surface area contributed by atoms with Crippen LogP contribution in [0.5, 0.6) is 0 Å². The first kappa shape index (κ1) is 17.1. The van der Waals surface area contributed by atoms with Crippen molar-refractivity contribution in [3.05, 3.63) is 71.3 Å². The third-order valence-corrected chi connectivity index (χ3v) is 6.33. The first-order chi connectivity index (χ1) is 13.7. The van der Waals surface area contributed by atoms with E-state index < -0.39 is 0 Å². The van der Waals surface area contributed by atoms with Gasteiger partial charge in [0.15, 0.2) is 4.96 Å². The Morgan fingerprint density at radius 2 is 1.93 bits per heavy atom. The summed E-state index contributed by atoms with van der Waals surface area (Å²) in [6.07, 6.45) is 5.07. The van der Waals surface area contributed by atoms with Crippen LogP contribution in [-0.2, 0) is 11.2 Å². The number of anilines is 1. The van der Waals surface area contributed by atoms with Crippen molar-refractivity contribution < 1.29 is 4.79 Å². The molecule has 0 unspecified atom stereocenters. The molecule has 0 spiro atoms. The molecule has 0 aliphatic carbocycles. The number of hydrogen-bond acceptors (Lipinski definition) is 5. The van der Waals surface area contributed by atoms with Crippen LogP contribution in [0.3, 0.4) is 0 Å². The molecule has 0 aliphatic rings. The maximum absolute atomic E-state index is 12.3. The predicted molar refractivity (Wildman–Crippen MR) is 115 cm³/mol. The second kappa shape index (κ2) is 7.18. The maximum Gasteiger partial charge on any atom is 0.224 e. The molecule has 3 heterocycles. The number of para-hydroxylation sites is 1. The number of carbonyl (C=O) groups is 1. The number of nitrogens with one attached hydrogen (secondary N) is 1. The van der Waals surface area contributed by atoms with E-state index in [2.05, 4.69) is 21.4 Å². The molecule has 0 aliphatic heterocycles. The molecule has 1 N–H and O–H groups in total. The average Bonchev–Trinajstić information content (AvgIpc) is 3.41. The van der Waals surface area contributed by atoms with Gasteiger partial charge in [-0.3, -0.25) is 9.20 Å². The fourth-order valence-electron chi connectivity index (χ4n) is 3.06. The van der Waals surface area contributed by atoms with E-state index in [4.69, 9.17) is 0 Å². The Bertz CT molecular complexity index is 1210. The van der Waals surface area contributed by atoms with Crippen LogP contribution in [0.4, 0.5) is 5.69 Å². The number of rotatable bonds is 5. The molecule has 28 heavy (non-hydrogen) atoms. The summed E-state index contributed by atoms with van der Waals surface area (Å²) >= 11 is 3.26. The molecule has 3 aromatic heterocycles. The van der Waals surface area contributed by atoms with E-state index in [0.717, 1.165) is 37.1 Å². The molecule has 5 rings (SSSR count). The van der Waals surface area contributed by atoms with Crippen LogP contribution in [0, 0.1) is 0 Å². The topological polar surface area (TPSA) is 59.3 Å². The smallest absolute Gasteiger partial charge is 0.224 e. The van der Waals surface area contributed by atoms with Gasteiger partial charge >= 0.3 is 0 Å². The van der Waals surface area contributed by atoms with E-state index in [1.807, 2.05) is 64.6 Å². The number of aryl methyl sites for hydroxylation is 1. The van der Waals surface area contributed by atoms with Crippen LogP contribution in [-0.4, -0.2) is 20.3 Å². The molecule has 1 amide bonds. The SMILES string of the molecule is O=C(CCc1nc2ccccc2s1)Nc1ccc(-c2cn3ccsc3n2)cc1. The van der Waals surface area contributed by atoms with Crippen molar-refractivity contribution in [1.29, 1.82) is 0 Å². The average molecular weight is 405 g/mol. The van der Waals surface area contributed by atoms with Crippen molar-refractivity contribution in [2.75, 3.05) is 5.32 Å². The minimum absolute atomic E-state index is 0.00508. The number of benzene rings is 2. The van der Waals surface area contributed by atoms with E-state index in [-0.39, 0.29) is 5.91 Å². The lowest BCUT2D eigenvalue weighted by Crippen LogP contribution is -2.12. The zero-order valence-corrected chi connectivity index (χ0v) is 16.5. The van der Waals surface area contributed by atoms with Crippen molar-refractivity contribution in [2.45, 2.75) is 12.8 Å². The third kappa shape index (κ3) is 3.42. The Morgan fingerprint density at radius 3 is 2.75 bits per heavy atom. The number of amides is 1. The quantitative estimate of drug-likeness (QED) is 0.436. The number of nitrogens with zero attached hydrogens (tertiary/aromatic N) is 3. The van der Waals surface area contributed by atoms with Gasteiger partial charge in [0.1, 0.15) is 0 Å². The highest BCUT2D eigenvalue weighted by molar-refractivity contribution is 7.18. The van der Waals surface area contributed by atoms with Gasteiger partial charge in [0, 0.05) is 41.9 Å². The first-order valence-electron chi connectivity index (χ1n) is 8.91. The van der Waals surface area contributed by atoms with Crippen LogP contribution in [0.25, 0.3) is 26.4 Å². The van der Waals surface area contributed by atoms with Gasteiger partial charge in [0.05, 0.1) is 20.9 Å². The van der Waals surface area contributed by atoms with Gasteiger partial charge in [-0.1, -0.05) is 24.3 Å². The highest BCUT2D eigenvalue weighted by atomic mass is 32.1. The second-order valence-corrected chi connectivity index (χ2v) is 8.41. The lowest BCUT2D eigenvalue weighted by molar-refractivity contribution is -0.116. The fourth-order valence-corrected chi connectivity index (χ4v) is 4.73. The van der Waals surface area contributed by atoms with Crippen molar-refractivity contribution in [1.82, 2.24) is 14.4 Å². The van der Waals surface area contributed by atoms with Crippen LogP contribution in [0.2, 0.25) is 0 Å². The molecule has 0 fully saturated rings. The lowest BCUT2D eigenvalue weighted by Gasteiger charge is -2.05. The van der Waals surface area contributed by atoms with Crippen molar-refractivity contribution >= 4 is 49.4 Å². The Morgan fingerprint density at radius 1 is 1.07 bits per heavy atom. The third-order valence-electron chi connectivity index (χ3n) is 4.46. The highest BCUT2D eigenvalue weighted by Crippen LogP contribution is 2.24. The Balaban J connectivity index is 1.21. The minimum Gasteiger partial charge on any atom is -0.326 e. The molecule has 138 valence electrons. The number of fused-ring (bicyclic) bond motifs is 2. The van der Waals surface area contributed by atoms with Crippen molar-refractivity contribution in [3.63, 3.8) is 0 Å². The largest absolute Gasteiger partial charge is 0.326 e. The summed E-state index contributed by atoms with van der Waals surface area (Å²) in [5.41, 5.74) is 3.75. The molecule has 2 aromatic carbocycles. The summed E-state index contributed by atoms with van der Waals surface area (Å²) in [7, 11) is 0. The highest BCUT2D eigenvalue weighted by Gasteiger charge is 2.09. The van der Waals surface area contributed by atoms with Crippen molar-refractivity contribution in [2.24, 2.45) is 0 Å². The monoisotopic (exact) mass is 404 g/mol. The Hall–Kier alpha value is -3.03. The molecule has 0 atom stereocenters. The Kier molecular flexibility index (Phi) is 4.38. The van der Waals surface area contributed by atoms with Crippen LogP contribution in [0.15, 0.2) is 66.3 Å². The van der Waals surface area contributed by atoms with Gasteiger partial charge in [-0.05, 0) is 24.3 Å². The van der Waals surface area contributed by atoms with Gasteiger partial charge in [0.25, 0.3) is 0 Å². The number of hydrogen-bond donors (Lipinski definition) is 1. The number of thiazole rings is 2. The number of imidazole rings is 1. The lowest BCUT2D eigenvalue weighted by atomic mass is 10.1. The second-order valence-electron chi connectivity index (χ2n) is 6.42. The zero-order valence-electron chi connectivity index (χ0n) is 14.8. The summed E-state index contributed by atoms with van der Waals surface area (Å²) in [6.45, 7) is 0. The van der Waals surface area contributed by atoms with E-state index >= 15 is 0 Å². The van der Waals surface area contributed by atoms with Gasteiger partial charge < -0.3 is 5.32 Å². The molecule has 0 radical (unpaired) electrons. The standard InChI is InChI=1S/C21H16N4OS2/c26-19(9-10-20-23-16-3-1-2-4-18(16)28-20)22-15-7-5-14(6-8-15)17-13-25-11-12-27-21(25)24-17/h1-8,11-13H,9-10H2,(H,22,26). The van der Waals surface area contributed by atoms with E-state index in [1.165, 1.54) is 0 Å². The summed E-state index contributed by atoms with van der Waals surface area (Å²) in [5.74, 6) is -0.00508. The predicted octanol–water partition coefficient (Wildman–Crippen LogP) is 5.24.